The van der Waals surface area contributed by atoms with E-state index in [0.717, 1.165) is 30.8 Å². The zero-order valence-corrected chi connectivity index (χ0v) is 17.3. The number of terminal acetylenes is 1. The first-order valence-corrected chi connectivity index (χ1v) is 9.98. The third-order valence-electron chi connectivity index (χ3n) is 5.33. The summed E-state index contributed by atoms with van der Waals surface area (Å²) in [6, 6.07) is 2.14. The topological polar surface area (TPSA) is 47.9 Å². The standard InChI is InChI=1S/C24H30O4/c1-6-8-19(26-7-2)14-18(25)12-17-13-21-16(3)11-22-20(23(21)27-15-17)9-10-24(4,5)28-22/h1,8,11,14,17,25H,7,9-10,12-13,15H2,2-5H3/b18-14+,19-8+/t17-/m1/s1. The summed E-state index contributed by atoms with van der Waals surface area (Å²) in [4.78, 5) is 0. The Morgan fingerprint density at radius 3 is 2.93 bits per heavy atom. The molecular weight excluding hydrogens is 352 g/mol. The monoisotopic (exact) mass is 382 g/mol. The zero-order valence-electron chi connectivity index (χ0n) is 17.3. The van der Waals surface area contributed by atoms with Crippen LogP contribution >= 0.6 is 0 Å². The fourth-order valence-electron chi connectivity index (χ4n) is 3.95. The molecule has 0 saturated heterocycles. The molecule has 0 fully saturated rings. The molecule has 4 nitrogen and oxygen atoms in total. The van der Waals surface area contributed by atoms with Crippen molar-refractivity contribution < 1.29 is 19.3 Å². The second kappa shape index (κ2) is 8.22. The third kappa shape index (κ3) is 4.47. The van der Waals surface area contributed by atoms with Crippen molar-refractivity contribution in [2.75, 3.05) is 13.2 Å². The molecule has 3 rings (SSSR count). The van der Waals surface area contributed by atoms with Gasteiger partial charge >= 0.3 is 0 Å². The van der Waals surface area contributed by atoms with Gasteiger partial charge in [-0.1, -0.05) is 5.92 Å². The molecule has 1 atom stereocenters. The fraction of sp³-hybridized carbons (Fsp3) is 0.500. The molecule has 0 amide bonds. The number of aliphatic hydroxyl groups excluding tert-OH is 1. The van der Waals surface area contributed by atoms with Crippen LogP contribution in [0.4, 0.5) is 0 Å². The van der Waals surface area contributed by atoms with Gasteiger partial charge in [-0.25, -0.2) is 0 Å². The Labute approximate surface area is 168 Å². The first-order valence-electron chi connectivity index (χ1n) is 9.98. The molecule has 150 valence electrons. The molecule has 0 aliphatic carbocycles. The number of rotatable bonds is 5. The van der Waals surface area contributed by atoms with E-state index >= 15 is 0 Å². The predicted molar refractivity (Wildman–Crippen MR) is 111 cm³/mol. The van der Waals surface area contributed by atoms with E-state index in [1.807, 2.05) is 6.92 Å². The van der Waals surface area contributed by atoms with Crippen molar-refractivity contribution in [2.45, 2.75) is 59.0 Å². The van der Waals surface area contributed by atoms with Crippen molar-refractivity contribution in [1.82, 2.24) is 0 Å². The SMILES string of the molecule is C#C/C=C(\C=C(\O)C[C@H]1COc2c(c(C)cc3c2CCC(C)(C)O3)C1)OCC. The van der Waals surface area contributed by atoms with Gasteiger partial charge in [0, 0.05) is 30.1 Å². The molecular formula is C24H30O4. The summed E-state index contributed by atoms with van der Waals surface area (Å²) in [6.07, 6.45) is 11.8. The molecule has 2 heterocycles. The first kappa shape index (κ1) is 20.2. The summed E-state index contributed by atoms with van der Waals surface area (Å²) in [7, 11) is 0. The van der Waals surface area contributed by atoms with Gasteiger partial charge in [-0.3, -0.25) is 0 Å². The molecule has 1 N–H and O–H groups in total. The highest BCUT2D eigenvalue weighted by Crippen LogP contribution is 2.44. The summed E-state index contributed by atoms with van der Waals surface area (Å²) in [5.74, 6) is 5.35. The summed E-state index contributed by atoms with van der Waals surface area (Å²) >= 11 is 0. The number of hydrogen-bond donors (Lipinski definition) is 1. The van der Waals surface area contributed by atoms with Crippen LogP contribution in [-0.4, -0.2) is 23.9 Å². The third-order valence-corrected chi connectivity index (χ3v) is 5.33. The molecule has 1 aromatic rings. The summed E-state index contributed by atoms with van der Waals surface area (Å²) in [5, 5.41) is 10.4. The highest BCUT2D eigenvalue weighted by Gasteiger charge is 2.33. The van der Waals surface area contributed by atoms with Gasteiger partial charge in [0.25, 0.3) is 0 Å². The van der Waals surface area contributed by atoms with Crippen LogP contribution in [-0.2, 0) is 17.6 Å². The summed E-state index contributed by atoms with van der Waals surface area (Å²) in [6.45, 7) is 9.32. The van der Waals surface area contributed by atoms with Crippen molar-refractivity contribution in [3.63, 3.8) is 0 Å². The van der Waals surface area contributed by atoms with E-state index in [-0.39, 0.29) is 17.3 Å². The summed E-state index contributed by atoms with van der Waals surface area (Å²) in [5.41, 5.74) is 3.47. The molecule has 0 unspecified atom stereocenters. The molecule has 0 bridgehead atoms. The highest BCUT2D eigenvalue weighted by atomic mass is 16.5. The highest BCUT2D eigenvalue weighted by molar-refractivity contribution is 5.56. The number of hydrogen-bond acceptors (Lipinski definition) is 4. The second-order valence-corrected chi connectivity index (χ2v) is 8.21. The second-order valence-electron chi connectivity index (χ2n) is 8.21. The van der Waals surface area contributed by atoms with Crippen LogP contribution in [0.5, 0.6) is 11.5 Å². The number of benzene rings is 1. The van der Waals surface area contributed by atoms with Crippen molar-refractivity contribution in [1.29, 1.82) is 0 Å². The van der Waals surface area contributed by atoms with Gasteiger partial charge in [0.05, 0.1) is 19.0 Å². The van der Waals surface area contributed by atoms with Crippen LogP contribution in [0.1, 0.15) is 50.3 Å². The number of aliphatic hydroxyl groups is 1. The molecule has 2 aliphatic rings. The maximum absolute atomic E-state index is 10.4. The molecule has 28 heavy (non-hydrogen) atoms. The van der Waals surface area contributed by atoms with Gasteiger partial charge in [-0.15, -0.1) is 6.42 Å². The molecule has 0 aromatic heterocycles. The number of fused-ring (bicyclic) bond motifs is 3. The van der Waals surface area contributed by atoms with E-state index in [2.05, 4.69) is 32.8 Å². The van der Waals surface area contributed by atoms with Gasteiger partial charge in [0.15, 0.2) is 0 Å². The van der Waals surface area contributed by atoms with Crippen molar-refractivity contribution in [3.8, 4) is 23.8 Å². The maximum atomic E-state index is 10.4. The Kier molecular flexibility index (Phi) is 5.93. The maximum Gasteiger partial charge on any atom is 0.130 e. The van der Waals surface area contributed by atoms with E-state index in [4.69, 9.17) is 20.6 Å². The van der Waals surface area contributed by atoms with Crippen LogP contribution < -0.4 is 9.47 Å². The normalized spacial score (nSPS) is 20.9. The van der Waals surface area contributed by atoms with Gasteiger partial charge in [-0.2, -0.15) is 0 Å². The molecule has 0 saturated carbocycles. The molecule has 2 aliphatic heterocycles. The average Bonchev–Trinajstić information content (AvgIpc) is 2.61. The Bertz CT molecular complexity index is 839. The average molecular weight is 383 g/mol. The first-order chi connectivity index (χ1) is 13.3. The lowest BCUT2D eigenvalue weighted by Gasteiger charge is -2.36. The predicted octanol–water partition coefficient (Wildman–Crippen LogP) is 5.04. The minimum absolute atomic E-state index is 0.133. The van der Waals surface area contributed by atoms with E-state index in [0.29, 0.717) is 25.4 Å². The number of aryl methyl sites for hydroxylation is 1. The summed E-state index contributed by atoms with van der Waals surface area (Å²) < 4.78 is 17.8. The van der Waals surface area contributed by atoms with Crippen LogP contribution in [0.25, 0.3) is 0 Å². The van der Waals surface area contributed by atoms with Crippen LogP contribution in [0, 0.1) is 25.2 Å². The minimum Gasteiger partial charge on any atom is -0.512 e. The van der Waals surface area contributed by atoms with E-state index < -0.39 is 0 Å². The smallest absolute Gasteiger partial charge is 0.130 e. The van der Waals surface area contributed by atoms with Crippen molar-refractivity contribution >= 4 is 0 Å². The molecule has 1 aromatic carbocycles. The lowest BCUT2D eigenvalue weighted by Crippen LogP contribution is -2.33. The lowest BCUT2D eigenvalue weighted by molar-refractivity contribution is 0.0820. The minimum atomic E-state index is -0.133. The quantitative estimate of drug-likeness (QED) is 0.440. The van der Waals surface area contributed by atoms with E-state index in [1.54, 1.807) is 6.08 Å². The van der Waals surface area contributed by atoms with Gasteiger partial charge < -0.3 is 19.3 Å². The number of allylic oxidation sites excluding steroid dienone is 3. The van der Waals surface area contributed by atoms with Crippen molar-refractivity contribution in [3.05, 3.63) is 46.4 Å². The van der Waals surface area contributed by atoms with Crippen molar-refractivity contribution in [2.24, 2.45) is 5.92 Å². The molecule has 4 heteroatoms. The zero-order chi connectivity index (χ0) is 20.3. The Morgan fingerprint density at radius 1 is 1.43 bits per heavy atom. The lowest BCUT2D eigenvalue weighted by atomic mass is 9.85. The van der Waals surface area contributed by atoms with Gasteiger partial charge in [0.1, 0.15) is 22.9 Å². The molecule has 0 spiro atoms. The van der Waals surface area contributed by atoms with E-state index in [9.17, 15) is 5.11 Å². The van der Waals surface area contributed by atoms with Crippen LogP contribution in [0.2, 0.25) is 0 Å². The number of ether oxygens (including phenoxy) is 3. The largest absolute Gasteiger partial charge is 0.512 e. The fourth-order valence-corrected chi connectivity index (χ4v) is 3.95. The van der Waals surface area contributed by atoms with Crippen LogP contribution in [0.15, 0.2) is 29.7 Å². The van der Waals surface area contributed by atoms with Gasteiger partial charge in [-0.05, 0) is 64.2 Å². The Hall–Kier alpha value is -2.54. The molecule has 0 radical (unpaired) electrons. The Morgan fingerprint density at radius 2 is 2.21 bits per heavy atom. The van der Waals surface area contributed by atoms with Gasteiger partial charge in [0.2, 0.25) is 0 Å². The Balaban J connectivity index is 1.77. The van der Waals surface area contributed by atoms with Crippen LogP contribution in [0.3, 0.4) is 0 Å². The van der Waals surface area contributed by atoms with E-state index in [1.165, 1.54) is 22.8 Å².